The molecule has 2 N–H and O–H groups in total. The Kier molecular flexibility index (Phi) is 24.4. The van der Waals surface area contributed by atoms with Gasteiger partial charge in [-0.1, -0.05) is 0 Å². The molecular formula is C2H7BO2Ta. The second-order valence-corrected chi connectivity index (χ2v) is 0.481. The normalized spacial score (nSPS) is 4.50. The molecule has 35 valence electrons. The smallest absolute Gasteiger partial charge is 0.452 e. The summed E-state index contributed by atoms with van der Waals surface area (Å²) in [6.07, 6.45) is 0. The molecule has 1 radical (unpaired) electrons. The summed E-state index contributed by atoms with van der Waals surface area (Å²) in [5, 5.41) is 15.0. The van der Waals surface area contributed by atoms with Gasteiger partial charge in [-0.25, -0.2) is 0 Å². The van der Waals surface area contributed by atoms with Crippen molar-refractivity contribution < 1.29 is 32.4 Å². The Labute approximate surface area is 54.2 Å². The van der Waals surface area contributed by atoms with Crippen LogP contribution in [0.15, 0.2) is 0 Å². The topological polar surface area (TPSA) is 40.5 Å². The van der Waals surface area contributed by atoms with Crippen LogP contribution in [-0.2, 0) is 22.4 Å². The third kappa shape index (κ3) is 125. The third-order valence-electron chi connectivity index (χ3n) is 0. The van der Waals surface area contributed by atoms with Gasteiger partial charge in [0.15, 0.2) is 0 Å². The summed E-state index contributed by atoms with van der Waals surface area (Å²) >= 11 is 0. The molecule has 0 bridgehead atoms. The summed E-state index contributed by atoms with van der Waals surface area (Å²) in [7, 11) is -1.42. The first-order valence-corrected chi connectivity index (χ1v) is 0.925. The number of hydrogen-bond acceptors (Lipinski definition) is 2. The van der Waals surface area contributed by atoms with E-state index >= 15 is 0 Å². The average Bonchev–Trinajstić information content (AvgIpc) is 0.811. The van der Waals surface area contributed by atoms with Crippen LogP contribution in [-0.4, -0.2) is 17.2 Å². The summed E-state index contributed by atoms with van der Waals surface area (Å²) in [6, 6.07) is 0. The van der Waals surface area contributed by atoms with E-state index in [4.69, 9.17) is 10.0 Å². The van der Waals surface area contributed by atoms with Crippen LogP contribution in [0, 0.1) is 14.2 Å². The van der Waals surface area contributed by atoms with Crippen molar-refractivity contribution in [3.8, 4) is 0 Å². The molecule has 0 aliphatic carbocycles. The van der Waals surface area contributed by atoms with Crippen LogP contribution < -0.4 is 0 Å². The van der Waals surface area contributed by atoms with E-state index in [1.54, 1.807) is 0 Å². The Balaban J connectivity index is -0.0000000450. The molecule has 0 amide bonds. The van der Waals surface area contributed by atoms with E-state index in [0.29, 0.717) is 0 Å². The van der Waals surface area contributed by atoms with Gasteiger partial charge in [-0.15, -0.1) is 0 Å². The zero-order chi connectivity index (χ0) is 3.58. The van der Waals surface area contributed by atoms with Gasteiger partial charge in [0, 0.05) is 0 Å². The molecule has 0 atom stereocenters. The predicted octanol–water partition coefficient (Wildman–Crippen LogP) is -0.720. The van der Waals surface area contributed by atoms with Gasteiger partial charge in [0.2, 0.25) is 0 Å². The van der Waals surface area contributed by atoms with Gasteiger partial charge in [-0.2, -0.15) is 0 Å². The first-order valence-electron chi connectivity index (χ1n) is 0.925. The maximum absolute atomic E-state index is 7.50. The zero-order valence-corrected chi connectivity index (χ0v) is 6.84. The van der Waals surface area contributed by atoms with Gasteiger partial charge >= 0.3 is 22.4 Å². The summed E-state index contributed by atoms with van der Waals surface area (Å²) < 4.78 is 0. The third-order valence-corrected chi connectivity index (χ3v) is 0. The number of hydrogen-bond donors (Lipinski definition) is 2. The molecule has 0 aliphatic rings. The monoisotopic (exact) mass is 255 g/mol. The Morgan fingerprint density at radius 2 is 1.33 bits per heavy atom. The van der Waals surface area contributed by atoms with Crippen LogP contribution in [0.2, 0.25) is 0 Å². The fraction of sp³-hybridized carbons (Fsp3) is 0. The Hall–Kier alpha value is 0.725. The quantitative estimate of drug-likeness (QED) is 0.443. The molecule has 0 saturated heterocycles. The van der Waals surface area contributed by atoms with Crippen LogP contribution in [0.5, 0.6) is 0 Å². The Bertz CT molecular complexity index is 16.3. The zero-order valence-electron chi connectivity index (χ0n) is 3.63. The van der Waals surface area contributed by atoms with Crippen molar-refractivity contribution in [3.63, 3.8) is 0 Å². The van der Waals surface area contributed by atoms with E-state index in [-0.39, 0.29) is 29.8 Å². The molecule has 0 aromatic carbocycles. The van der Waals surface area contributed by atoms with E-state index in [2.05, 4.69) is 6.82 Å². The standard InChI is InChI=1S/CH4BO2.CH3.Ta/c1-2(3)4;;/h3-4H,1H2;1H3;/q2*-1;+2. The van der Waals surface area contributed by atoms with Gasteiger partial charge in [0.25, 0.3) is 7.12 Å². The molecule has 0 unspecified atom stereocenters. The molecule has 0 heterocycles. The molecule has 6 heavy (non-hydrogen) atoms. The second kappa shape index (κ2) is 9.21. The molecule has 0 rings (SSSR count). The first-order chi connectivity index (χ1) is 1.73. The van der Waals surface area contributed by atoms with E-state index in [1.807, 2.05) is 0 Å². The van der Waals surface area contributed by atoms with Gasteiger partial charge in [0.05, 0.1) is 0 Å². The minimum Gasteiger partial charge on any atom is -0.452 e. The maximum atomic E-state index is 7.50. The van der Waals surface area contributed by atoms with Crippen LogP contribution in [0.1, 0.15) is 0 Å². The molecular weight excluding hydrogens is 248 g/mol. The van der Waals surface area contributed by atoms with Crippen molar-refractivity contribution in [3.05, 3.63) is 14.2 Å². The molecule has 2 nitrogen and oxygen atoms in total. The van der Waals surface area contributed by atoms with E-state index < -0.39 is 7.12 Å². The van der Waals surface area contributed by atoms with Crippen LogP contribution in [0.4, 0.5) is 0 Å². The van der Waals surface area contributed by atoms with Crippen molar-refractivity contribution in [1.29, 1.82) is 0 Å². The van der Waals surface area contributed by atoms with Crippen LogP contribution >= 0.6 is 0 Å². The fourth-order valence-electron chi connectivity index (χ4n) is 0. The van der Waals surface area contributed by atoms with Gasteiger partial charge < -0.3 is 24.3 Å². The van der Waals surface area contributed by atoms with Crippen molar-refractivity contribution in [1.82, 2.24) is 0 Å². The van der Waals surface area contributed by atoms with Gasteiger partial charge in [0.1, 0.15) is 0 Å². The van der Waals surface area contributed by atoms with Crippen LogP contribution in [0.25, 0.3) is 0 Å². The van der Waals surface area contributed by atoms with Gasteiger partial charge in [-0.05, 0) is 0 Å². The predicted molar refractivity (Wildman–Crippen MR) is 22.0 cm³/mol. The molecule has 0 saturated carbocycles. The summed E-state index contributed by atoms with van der Waals surface area (Å²) in [4.78, 5) is 0. The minimum atomic E-state index is -1.42. The molecule has 0 aromatic heterocycles. The van der Waals surface area contributed by atoms with E-state index in [0.717, 1.165) is 0 Å². The van der Waals surface area contributed by atoms with Crippen LogP contribution in [0.3, 0.4) is 0 Å². The van der Waals surface area contributed by atoms with Crippen molar-refractivity contribution in [2.75, 3.05) is 0 Å². The Morgan fingerprint density at radius 1 is 1.33 bits per heavy atom. The summed E-state index contributed by atoms with van der Waals surface area (Å²) in [5.74, 6) is 0. The van der Waals surface area contributed by atoms with Crippen molar-refractivity contribution in [2.45, 2.75) is 0 Å². The van der Waals surface area contributed by atoms with E-state index in [1.165, 1.54) is 0 Å². The Morgan fingerprint density at radius 3 is 1.33 bits per heavy atom. The molecule has 0 spiro atoms. The van der Waals surface area contributed by atoms with Crippen molar-refractivity contribution in [2.24, 2.45) is 0 Å². The maximum Gasteiger partial charge on any atom is 2.00 e. The molecule has 0 aromatic rings. The first kappa shape index (κ1) is 15.9. The summed E-state index contributed by atoms with van der Waals surface area (Å²) in [5.41, 5.74) is 0. The van der Waals surface area contributed by atoms with Gasteiger partial charge in [-0.3, -0.25) is 0 Å². The SMILES string of the molecule is [CH2-]B(O)O.[CH3-].[Ta+2]. The molecule has 0 aliphatic heterocycles. The van der Waals surface area contributed by atoms with E-state index in [9.17, 15) is 0 Å². The summed E-state index contributed by atoms with van der Waals surface area (Å²) in [6.45, 7) is 2.75. The second-order valence-electron chi connectivity index (χ2n) is 0.481. The minimum absolute atomic E-state index is 0. The largest absolute Gasteiger partial charge is 2.00 e. The molecule has 0 fully saturated rings. The molecule has 4 heteroatoms. The average molecular weight is 255 g/mol. The fourth-order valence-corrected chi connectivity index (χ4v) is 0. The van der Waals surface area contributed by atoms with Crippen molar-refractivity contribution >= 4 is 7.12 Å². The number of rotatable bonds is 0.